The summed E-state index contributed by atoms with van der Waals surface area (Å²) in [6.07, 6.45) is -0.703. The number of benzene rings is 2. The third-order valence-electron chi connectivity index (χ3n) is 3.18. The molecule has 1 N–H and O–H groups in total. The van der Waals surface area contributed by atoms with Crippen LogP contribution in [0.15, 0.2) is 42.5 Å². The Bertz CT molecular complexity index is 662. The highest BCUT2D eigenvalue weighted by Gasteiger charge is 2.12. The molecule has 1 unspecified atom stereocenters. The first-order chi connectivity index (χ1) is 9.52. The summed E-state index contributed by atoms with van der Waals surface area (Å²) in [6, 6.07) is 13.7. The fourth-order valence-electron chi connectivity index (χ4n) is 1.98. The summed E-state index contributed by atoms with van der Waals surface area (Å²) in [4.78, 5) is 1.67. The second kappa shape index (κ2) is 5.72. The van der Waals surface area contributed by atoms with Crippen LogP contribution in [0.5, 0.6) is 0 Å². The number of hydrogen-bond donors (Lipinski definition) is 1. The Labute approximate surface area is 117 Å². The zero-order valence-corrected chi connectivity index (χ0v) is 11.3. The molecule has 0 spiro atoms. The second-order valence-electron chi connectivity index (χ2n) is 4.61. The molecule has 0 aromatic heterocycles. The fraction of sp³-hybridized carbons (Fsp3) is 0.188. The minimum absolute atomic E-state index is 0.393. The molecule has 2 aromatic carbocycles. The number of nitrogens with zero attached hydrogens (tertiary/aromatic N) is 2. The second-order valence-corrected chi connectivity index (χ2v) is 4.61. The number of aliphatic hydroxyl groups excluding tert-OH is 1. The average Bonchev–Trinajstić information content (AvgIpc) is 2.46. The van der Waals surface area contributed by atoms with E-state index in [9.17, 15) is 9.50 Å². The molecule has 2 rings (SSSR count). The molecule has 3 nitrogen and oxygen atoms in total. The predicted octanol–water partition coefficient (Wildman–Crippen LogP) is 3.52. The number of anilines is 2. The topological polar surface area (TPSA) is 47.3 Å². The van der Waals surface area contributed by atoms with Crippen molar-refractivity contribution >= 4 is 11.4 Å². The number of hydrogen-bond acceptors (Lipinski definition) is 3. The summed E-state index contributed by atoms with van der Waals surface area (Å²) in [5.41, 5.74) is 2.18. The molecule has 0 heterocycles. The van der Waals surface area contributed by atoms with Crippen molar-refractivity contribution in [2.75, 3.05) is 11.9 Å². The molecule has 4 heteroatoms. The highest BCUT2D eigenvalue weighted by molar-refractivity contribution is 5.64. The summed E-state index contributed by atoms with van der Waals surface area (Å²) in [6.45, 7) is 1.59. The molecular formula is C16H15FN2O. The first-order valence-corrected chi connectivity index (χ1v) is 6.24. The number of aliphatic hydroxyl groups is 1. The molecule has 0 aliphatic carbocycles. The Balaban J connectivity index is 2.38. The average molecular weight is 270 g/mol. The molecular weight excluding hydrogens is 255 g/mol. The van der Waals surface area contributed by atoms with Gasteiger partial charge < -0.3 is 10.0 Å². The lowest BCUT2D eigenvalue weighted by atomic mass is 10.1. The van der Waals surface area contributed by atoms with Crippen molar-refractivity contribution in [1.82, 2.24) is 0 Å². The minimum Gasteiger partial charge on any atom is -0.389 e. The maximum Gasteiger partial charge on any atom is 0.147 e. The van der Waals surface area contributed by atoms with Gasteiger partial charge in [-0.2, -0.15) is 5.26 Å². The van der Waals surface area contributed by atoms with Gasteiger partial charge in [-0.25, -0.2) is 4.39 Å². The van der Waals surface area contributed by atoms with Gasteiger partial charge in [0.15, 0.2) is 0 Å². The van der Waals surface area contributed by atoms with Gasteiger partial charge in [0, 0.05) is 12.7 Å². The van der Waals surface area contributed by atoms with Crippen molar-refractivity contribution in [1.29, 1.82) is 5.26 Å². The van der Waals surface area contributed by atoms with E-state index < -0.39 is 11.9 Å². The van der Waals surface area contributed by atoms with E-state index in [-0.39, 0.29) is 0 Å². The van der Waals surface area contributed by atoms with E-state index in [0.717, 1.165) is 5.69 Å². The van der Waals surface area contributed by atoms with Crippen LogP contribution in [-0.2, 0) is 0 Å². The normalized spacial score (nSPS) is 11.8. The van der Waals surface area contributed by atoms with Gasteiger partial charge >= 0.3 is 0 Å². The zero-order chi connectivity index (χ0) is 14.7. The molecule has 0 fully saturated rings. The van der Waals surface area contributed by atoms with Gasteiger partial charge in [0.2, 0.25) is 0 Å². The van der Waals surface area contributed by atoms with E-state index in [1.54, 1.807) is 49.2 Å². The Hall–Kier alpha value is -2.38. The van der Waals surface area contributed by atoms with E-state index in [4.69, 9.17) is 5.26 Å². The number of rotatable bonds is 3. The predicted molar refractivity (Wildman–Crippen MR) is 76.3 cm³/mol. The van der Waals surface area contributed by atoms with E-state index >= 15 is 0 Å². The number of halogens is 1. The van der Waals surface area contributed by atoms with Crippen molar-refractivity contribution in [2.45, 2.75) is 13.0 Å². The molecule has 102 valence electrons. The smallest absolute Gasteiger partial charge is 0.147 e. The van der Waals surface area contributed by atoms with Gasteiger partial charge in [-0.3, -0.25) is 0 Å². The van der Waals surface area contributed by atoms with Crippen molar-refractivity contribution in [2.24, 2.45) is 0 Å². The number of nitriles is 1. The van der Waals surface area contributed by atoms with Crippen LogP contribution in [0.4, 0.5) is 15.8 Å². The molecule has 0 bridgehead atoms. The van der Waals surface area contributed by atoms with Gasteiger partial charge in [-0.1, -0.05) is 12.1 Å². The standard InChI is InChI=1S/C16H15FN2O/c1-11(20)13-6-7-16(15(17)9-13)19(2)14-5-3-4-12(8-14)10-18/h3-9,11,20H,1-2H3. The van der Waals surface area contributed by atoms with Crippen LogP contribution >= 0.6 is 0 Å². The van der Waals surface area contributed by atoms with Gasteiger partial charge in [0.1, 0.15) is 5.82 Å². The minimum atomic E-state index is -0.703. The molecule has 20 heavy (non-hydrogen) atoms. The Morgan fingerprint density at radius 2 is 2.00 bits per heavy atom. The van der Waals surface area contributed by atoms with Crippen LogP contribution < -0.4 is 4.90 Å². The molecule has 1 atom stereocenters. The largest absolute Gasteiger partial charge is 0.389 e. The molecule has 0 aliphatic rings. The van der Waals surface area contributed by atoms with E-state index in [0.29, 0.717) is 16.8 Å². The SMILES string of the molecule is CC(O)c1ccc(N(C)c2cccc(C#N)c2)c(F)c1. The van der Waals surface area contributed by atoms with Gasteiger partial charge in [0.25, 0.3) is 0 Å². The van der Waals surface area contributed by atoms with Crippen LogP contribution in [0.3, 0.4) is 0 Å². The summed E-state index contributed by atoms with van der Waals surface area (Å²) in [5.74, 6) is -0.409. The van der Waals surface area contributed by atoms with Gasteiger partial charge in [-0.15, -0.1) is 0 Å². The fourth-order valence-corrected chi connectivity index (χ4v) is 1.98. The molecule has 0 saturated heterocycles. The van der Waals surface area contributed by atoms with Gasteiger partial charge in [-0.05, 0) is 42.8 Å². The lowest BCUT2D eigenvalue weighted by molar-refractivity contribution is 0.199. The lowest BCUT2D eigenvalue weighted by Gasteiger charge is -2.21. The monoisotopic (exact) mass is 270 g/mol. The highest BCUT2D eigenvalue weighted by Crippen LogP contribution is 2.28. The first-order valence-electron chi connectivity index (χ1n) is 6.24. The van der Waals surface area contributed by atoms with Crippen molar-refractivity contribution in [3.8, 4) is 6.07 Å². The van der Waals surface area contributed by atoms with E-state index in [2.05, 4.69) is 6.07 Å². The maximum atomic E-state index is 14.1. The van der Waals surface area contributed by atoms with Crippen LogP contribution in [-0.4, -0.2) is 12.2 Å². The Kier molecular flexibility index (Phi) is 4.02. The van der Waals surface area contributed by atoms with Crippen LogP contribution in [0.1, 0.15) is 24.2 Å². The Morgan fingerprint density at radius 3 is 2.60 bits per heavy atom. The third-order valence-corrected chi connectivity index (χ3v) is 3.18. The van der Waals surface area contributed by atoms with Gasteiger partial charge in [0.05, 0.1) is 23.4 Å². The van der Waals surface area contributed by atoms with Crippen molar-refractivity contribution < 1.29 is 9.50 Å². The first kappa shape index (κ1) is 14.0. The lowest BCUT2D eigenvalue weighted by Crippen LogP contribution is -2.11. The zero-order valence-electron chi connectivity index (χ0n) is 11.3. The highest BCUT2D eigenvalue weighted by atomic mass is 19.1. The van der Waals surface area contributed by atoms with E-state index in [1.165, 1.54) is 6.07 Å². The summed E-state index contributed by atoms with van der Waals surface area (Å²) in [7, 11) is 1.73. The maximum absolute atomic E-state index is 14.1. The molecule has 0 aliphatic heterocycles. The van der Waals surface area contributed by atoms with Crippen molar-refractivity contribution in [3.05, 3.63) is 59.4 Å². The molecule has 0 radical (unpaired) electrons. The molecule has 0 saturated carbocycles. The third kappa shape index (κ3) is 2.79. The Morgan fingerprint density at radius 1 is 1.25 bits per heavy atom. The quantitative estimate of drug-likeness (QED) is 0.928. The summed E-state index contributed by atoms with van der Waals surface area (Å²) in [5, 5.41) is 18.3. The molecule has 0 amide bonds. The van der Waals surface area contributed by atoms with Crippen LogP contribution in [0.2, 0.25) is 0 Å². The molecule has 2 aromatic rings. The van der Waals surface area contributed by atoms with Crippen molar-refractivity contribution in [3.63, 3.8) is 0 Å². The van der Waals surface area contributed by atoms with Crippen LogP contribution in [0.25, 0.3) is 0 Å². The van der Waals surface area contributed by atoms with E-state index in [1.807, 2.05) is 6.07 Å². The summed E-state index contributed by atoms with van der Waals surface area (Å²) < 4.78 is 14.1. The van der Waals surface area contributed by atoms with Crippen LogP contribution in [0, 0.1) is 17.1 Å². The summed E-state index contributed by atoms with van der Waals surface area (Å²) >= 11 is 0.